The van der Waals surface area contributed by atoms with Crippen molar-refractivity contribution in [3.8, 4) is 0 Å². The number of hydrogen-bond donors (Lipinski definition) is 0. The minimum Gasteiger partial charge on any atom is -0.412 e. The number of nitrogens with zero attached hydrogens (tertiary/aromatic N) is 3. The third kappa shape index (κ3) is 1470. The molecule has 0 heterocycles. The summed E-state index contributed by atoms with van der Waals surface area (Å²) in [6, 6.07) is 0. The van der Waals surface area contributed by atoms with Gasteiger partial charge in [0, 0.05) is 0 Å². The smallest absolute Gasteiger partial charge is 0.412 e. The minimum atomic E-state index is -1.75. The number of hydrogen-bond acceptors (Lipinski definition) is 9. The zero-order chi connectivity index (χ0) is 10.7. The fraction of sp³-hybridized carbons (Fsp3) is 0. The molecule has 0 unspecified atom stereocenters. The first-order valence-corrected chi connectivity index (χ1v) is 1.64. The molecule has 0 bridgehead atoms. The first-order valence-electron chi connectivity index (χ1n) is 1.64. The predicted molar refractivity (Wildman–Crippen MR) is 45.5 cm³/mol. The molecule has 0 aromatic carbocycles. The molecule has 0 aromatic heterocycles. The van der Waals surface area contributed by atoms with Crippen molar-refractivity contribution in [3.63, 3.8) is 0 Å². The summed E-state index contributed by atoms with van der Waals surface area (Å²) in [6.07, 6.45) is 0. The Morgan fingerprint density at radius 1 is 0.471 bits per heavy atom. The van der Waals surface area contributed by atoms with Crippen molar-refractivity contribution in [2.75, 3.05) is 0 Å². The Labute approximate surface area is 121 Å². The molecule has 0 aromatic rings. The Hall–Kier alpha value is -1.27. The van der Waals surface area contributed by atoms with Gasteiger partial charge in [-0.05, 0) is 0 Å². The molecule has 0 saturated carbocycles. The maximum Gasteiger partial charge on any atom is 3.00 e. The van der Waals surface area contributed by atoms with Crippen molar-refractivity contribution in [1.82, 2.24) is 0 Å². The Morgan fingerprint density at radius 3 is 0.471 bits per heavy atom. The van der Waals surface area contributed by atoms with E-state index in [1.54, 1.807) is 0 Å². The van der Waals surface area contributed by atoms with E-state index in [0.717, 1.165) is 0 Å². The van der Waals surface area contributed by atoms with Gasteiger partial charge in [-0.15, -0.1) is 0 Å². The second-order valence-electron chi connectivity index (χ2n) is 0.671. The molecule has 0 rings (SSSR count). The van der Waals surface area contributed by atoms with Crippen molar-refractivity contribution in [1.29, 1.82) is 0 Å². The van der Waals surface area contributed by atoms with Gasteiger partial charge in [0.25, 0.3) is 0 Å². The molecular formula is H8N3O13Tb. The molecule has 0 atom stereocenters. The fourth-order valence-electron chi connectivity index (χ4n) is 0. The summed E-state index contributed by atoms with van der Waals surface area (Å²) < 4.78 is 0. The van der Waals surface area contributed by atoms with Crippen molar-refractivity contribution in [3.05, 3.63) is 46.0 Å². The van der Waals surface area contributed by atoms with E-state index in [1.165, 1.54) is 0 Å². The standard InChI is InChI=1S/3NO3.4H2O.Tb/c3*2-1(3)4;;;;;/h;;;4*1H2;/q3*-1;;;;;+3. The summed E-state index contributed by atoms with van der Waals surface area (Å²) in [6.45, 7) is 0. The predicted octanol–water partition coefficient (Wildman–Crippen LogP) is -4.02. The van der Waals surface area contributed by atoms with E-state index in [4.69, 9.17) is 46.0 Å². The first kappa shape index (κ1) is 57.1. The van der Waals surface area contributed by atoms with Gasteiger partial charge < -0.3 is 67.9 Å². The van der Waals surface area contributed by atoms with Crippen molar-refractivity contribution in [2.45, 2.75) is 0 Å². The molecule has 0 aliphatic carbocycles. The molecule has 8 N–H and O–H groups in total. The van der Waals surface area contributed by atoms with Crippen LogP contribution in [0.15, 0.2) is 0 Å². The fourth-order valence-corrected chi connectivity index (χ4v) is 0. The SMILES string of the molecule is O.O.O.O.O=[N+]([O-])[O-].O=[N+]([O-])[O-].O=[N+]([O-])[O-].[Tb+3]. The molecule has 0 spiro atoms. The molecule has 0 amide bonds. The molecule has 0 fully saturated rings. The van der Waals surface area contributed by atoms with Gasteiger partial charge in [0.1, 0.15) is 0 Å². The van der Waals surface area contributed by atoms with E-state index in [1.807, 2.05) is 0 Å². The molecule has 110 valence electrons. The van der Waals surface area contributed by atoms with Crippen molar-refractivity contribution >= 4 is 0 Å². The van der Waals surface area contributed by atoms with Gasteiger partial charge >= 0.3 is 38.6 Å². The van der Waals surface area contributed by atoms with E-state index >= 15 is 0 Å². The molecule has 17 heavy (non-hydrogen) atoms. The average molecular weight is 417 g/mol. The normalized spacial score (nSPS) is 4.24. The molecule has 16 nitrogen and oxygen atoms in total. The molecule has 0 aliphatic rings. The zero-order valence-electron chi connectivity index (χ0n) is 7.35. The quantitative estimate of drug-likeness (QED) is 0.273. The van der Waals surface area contributed by atoms with Crippen LogP contribution in [-0.2, 0) is 0 Å². The maximum absolute atomic E-state index is 8.25. The van der Waals surface area contributed by atoms with E-state index in [2.05, 4.69) is 0 Å². The zero-order valence-corrected chi connectivity index (χ0v) is 9.49. The Morgan fingerprint density at radius 2 is 0.471 bits per heavy atom. The van der Waals surface area contributed by atoms with Crippen LogP contribution in [0.1, 0.15) is 0 Å². The van der Waals surface area contributed by atoms with Crippen LogP contribution in [0.25, 0.3) is 0 Å². The summed E-state index contributed by atoms with van der Waals surface area (Å²) in [7, 11) is 0. The Bertz CT molecular complexity index is 114. The molecule has 17 heteroatoms. The van der Waals surface area contributed by atoms with Gasteiger partial charge in [-0.1, -0.05) is 0 Å². The second kappa shape index (κ2) is 46.5. The maximum atomic E-state index is 8.25. The van der Waals surface area contributed by atoms with Gasteiger partial charge in [-0.25, -0.2) is 0 Å². The molecule has 0 aliphatic heterocycles. The van der Waals surface area contributed by atoms with Gasteiger partial charge in [-0.2, -0.15) is 0 Å². The van der Waals surface area contributed by atoms with Gasteiger partial charge in [0.2, 0.25) is 0 Å². The van der Waals surface area contributed by atoms with Gasteiger partial charge in [0.05, 0.1) is 15.3 Å². The molecule has 0 saturated heterocycles. The third-order valence-electron chi connectivity index (χ3n) is 0. The summed E-state index contributed by atoms with van der Waals surface area (Å²) in [5, 5.41) is 44.2. The number of rotatable bonds is 0. The van der Waals surface area contributed by atoms with Gasteiger partial charge in [-0.3, -0.25) is 0 Å². The van der Waals surface area contributed by atoms with E-state index in [9.17, 15) is 0 Å². The van der Waals surface area contributed by atoms with E-state index < -0.39 is 15.3 Å². The first-order chi connectivity index (χ1) is 5.20. The van der Waals surface area contributed by atoms with Crippen LogP contribution in [0.5, 0.6) is 0 Å². The van der Waals surface area contributed by atoms with E-state index in [-0.39, 0.29) is 60.5 Å². The largest absolute Gasteiger partial charge is 3.00 e. The Balaban J connectivity index is -0.0000000104. The summed E-state index contributed by atoms with van der Waals surface area (Å²) in [5.74, 6) is 0. The summed E-state index contributed by atoms with van der Waals surface area (Å²) in [5.41, 5.74) is 0. The Kier molecular flexibility index (Phi) is 156. The summed E-state index contributed by atoms with van der Waals surface area (Å²) >= 11 is 0. The van der Waals surface area contributed by atoms with Crippen LogP contribution >= 0.6 is 0 Å². The third-order valence-corrected chi connectivity index (χ3v) is 0. The van der Waals surface area contributed by atoms with Crippen LogP contribution < -0.4 is 0 Å². The van der Waals surface area contributed by atoms with E-state index in [0.29, 0.717) is 0 Å². The van der Waals surface area contributed by atoms with Crippen LogP contribution in [0.4, 0.5) is 0 Å². The average Bonchev–Trinajstić information content (AvgIpc) is 1.54. The van der Waals surface area contributed by atoms with Crippen molar-refractivity contribution < 1.29 is 75.8 Å². The van der Waals surface area contributed by atoms with Crippen LogP contribution in [0.3, 0.4) is 0 Å². The topological polar surface area (TPSA) is 325 Å². The molecular weight excluding hydrogens is 409 g/mol. The van der Waals surface area contributed by atoms with Crippen LogP contribution in [0, 0.1) is 84.6 Å². The van der Waals surface area contributed by atoms with Crippen LogP contribution in [0.2, 0.25) is 0 Å². The monoisotopic (exact) mass is 417 g/mol. The van der Waals surface area contributed by atoms with Crippen LogP contribution in [-0.4, -0.2) is 37.2 Å². The second-order valence-corrected chi connectivity index (χ2v) is 0.671. The minimum absolute atomic E-state index is 0. The summed E-state index contributed by atoms with van der Waals surface area (Å²) in [4.78, 5) is 24.8. The molecule has 0 radical (unpaired) electrons. The van der Waals surface area contributed by atoms with Crippen molar-refractivity contribution in [2.24, 2.45) is 0 Å². The van der Waals surface area contributed by atoms with Gasteiger partial charge in [0.15, 0.2) is 0 Å².